The van der Waals surface area contributed by atoms with Gasteiger partial charge in [0.1, 0.15) is 20.2 Å². The van der Waals surface area contributed by atoms with Gasteiger partial charge in [-0.1, -0.05) is 60.7 Å². The van der Waals surface area contributed by atoms with E-state index in [0.717, 1.165) is 44.9 Å². The molecule has 0 amide bonds. The van der Waals surface area contributed by atoms with Crippen molar-refractivity contribution in [1.29, 1.82) is 0 Å². The minimum Gasteiger partial charge on any atom is -0.744 e. The van der Waals surface area contributed by atoms with Crippen molar-refractivity contribution in [2.45, 2.75) is 42.6 Å². The van der Waals surface area contributed by atoms with Gasteiger partial charge in [0.05, 0.1) is 9.79 Å². The summed E-state index contributed by atoms with van der Waals surface area (Å²) in [4.78, 5) is 5.84. The zero-order valence-electron chi connectivity index (χ0n) is 30.6. The maximum atomic E-state index is 11.6. The van der Waals surface area contributed by atoms with Gasteiger partial charge in [0.15, 0.2) is 0 Å². The van der Waals surface area contributed by atoms with Gasteiger partial charge in [-0.15, -0.1) is 0 Å². The number of hydrogen-bond acceptors (Lipinski definition) is 9. The molecule has 0 unspecified atom stereocenters. The van der Waals surface area contributed by atoms with Crippen molar-refractivity contribution in [3.8, 4) is 0 Å². The maximum Gasteiger partial charge on any atom is 1.00 e. The Balaban J connectivity index is 0.00000364. The zero-order valence-corrected chi connectivity index (χ0v) is 36.2. The summed E-state index contributed by atoms with van der Waals surface area (Å²) >= 11 is 0. The van der Waals surface area contributed by atoms with Gasteiger partial charge in [0.25, 0.3) is 0 Å². The molecule has 0 N–H and O–H groups in total. The van der Waals surface area contributed by atoms with Crippen molar-refractivity contribution < 1.29 is 85.1 Å². The van der Waals surface area contributed by atoms with E-state index in [-0.39, 0.29) is 74.8 Å². The van der Waals surface area contributed by atoms with E-state index in [1.807, 2.05) is 40.1 Å². The van der Waals surface area contributed by atoms with E-state index >= 15 is 0 Å². The largest absolute Gasteiger partial charge is 1.00 e. The third kappa shape index (κ3) is 11.2. The molecular formula is C39H41N3Na2O6S2. The van der Waals surface area contributed by atoms with Gasteiger partial charge in [0, 0.05) is 63.3 Å². The Kier molecular flexibility index (Phi) is 16.0. The summed E-state index contributed by atoms with van der Waals surface area (Å²) < 4.78 is 69.5. The minimum absolute atomic E-state index is 0. The SMILES string of the molecule is CCN(Cc1cccc(S(=O)(=O)[O-])c1)c1ccc(C(c2ccc(N(C)C)cc2)c2ccc(N(CC)Cc3cccc(S(=O)(=O)[O-])c3)cc2)cc1.[Na+].[Na+]. The molecule has 0 spiro atoms. The Labute approximate surface area is 352 Å². The second-order valence-corrected chi connectivity index (χ2v) is 15.1. The molecule has 0 saturated heterocycles. The molecule has 0 heterocycles. The van der Waals surface area contributed by atoms with Gasteiger partial charge in [0.2, 0.25) is 0 Å². The van der Waals surface area contributed by atoms with Crippen LogP contribution in [0.4, 0.5) is 17.1 Å². The standard InChI is InChI=1S/C39H43N3O6S2.2Na/c1-5-41(27-29-9-7-11-37(25-29)49(43,44)45)35-21-15-32(16-22-35)39(31-13-19-34(20-14-31)40(3)4)33-17-23-36(24-18-33)42(6-2)28-30-10-8-12-38(26-30)50(46,47)48;;/h7-26,39H,5-6,27-28H2,1-4H3,(H,43,44,45)(H,46,47,48);;/q;2*+1/p-2. The van der Waals surface area contributed by atoms with Crippen LogP contribution >= 0.6 is 0 Å². The normalized spacial score (nSPS) is 11.4. The van der Waals surface area contributed by atoms with Gasteiger partial charge < -0.3 is 23.8 Å². The van der Waals surface area contributed by atoms with Gasteiger partial charge >= 0.3 is 59.1 Å². The Bertz CT molecular complexity index is 2000. The molecule has 5 rings (SSSR count). The quantitative estimate of drug-likeness (QED) is 0.0920. The van der Waals surface area contributed by atoms with Crippen molar-refractivity contribution in [3.63, 3.8) is 0 Å². The summed E-state index contributed by atoms with van der Waals surface area (Å²) in [5, 5.41) is 0. The summed E-state index contributed by atoms with van der Waals surface area (Å²) in [5.41, 5.74) is 7.81. The van der Waals surface area contributed by atoms with Gasteiger partial charge in [-0.3, -0.25) is 0 Å². The first-order chi connectivity index (χ1) is 23.8. The molecule has 0 aliphatic carbocycles. The van der Waals surface area contributed by atoms with Crippen LogP contribution in [0, 0.1) is 0 Å². The van der Waals surface area contributed by atoms with E-state index in [9.17, 15) is 25.9 Å². The predicted octanol–water partition coefficient (Wildman–Crippen LogP) is 0.802. The average Bonchev–Trinajstić information content (AvgIpc) is 3.10. The van der Waals surface area contributed by atoms with Crippen molar-refractivity contribution in [3.05, 3.63) is 149 Å². The molecular weight excluding hydrogens is 717 g/mol. The van der Waals surface area contributed by atoms with E-state index in [2.05, 4.69) is 87.5 Å². The molecule has 0 aromatic heterocycles. The molecule has 262 valence electrons. The van der Waals surface area contributed by atoms with E-state index in [1.165, 1.54) is 24.3 Å². The van der Waals surface area contributed by atoms with Crippen molar-refractivity contribution in [1.82, 2.24) is 0 Å². The van der Waals surface area contributed by atoms with Crippen LogP contribution in [0.3, 0.4) is 0 Å². The Morgan fingerprint density at radius 2 is 0.846 bits per heavy atom. The number of rotatable bonds is 14. The third-order valence-electron chi connectivity index (χ3n) is 8.81. The maximum absolute atomic E-state index is 11.6. The van der Waals surface area contributed by atoms with Crippen LogP contribution in [-0.2, 0) is 33.3 Å². The number of nitrogens with zero attached hydrogens (tertiary/aromatic N) is 3. The second kappa shape index (κ2) is 19.1. The van der Waals surface area contributed by atoms with Crippen LogP contribution in [0.2, 0.25) is 0 Å². The molecule has 52 heavy (non-hydrogen) atoms. The van der Waals surface area contributed by atoms with Crippen LogP contribution < -0.4 is 73.8 Å². The smallest absolute Gasteiger partial charge is 0.744 e. The topological polar surface area (TPSA) is 124 Å². The van der Waals surface area contributed by atoms with Crippen LogP contribution in [-0.4, -0.2) is 53.1 Å². The third-order valence-corrected chi connectivity index (χ3v) is 10.5. The first kappa shape index (κ1) is 43.7. The van der Waals surface area contributed by atoms with Gasteiger partial charge in [-0.05, 0) is 102 Å². The molecule has 0 saturated carbocycles. The van der Waals surface area contributed by atoms with E-state index < -0.39 is 20.2 Å². The van der Waals surface area contributed by atoms with E-state index in [0.29, 0.717) is 26.2 Å². The average molecular weight is 758 g/mol. The van der Waals surface area contributed by atoms with E-state index in [1.54, 1.807) is 12.1 Å². The molecule has 5 aromatic rings. The van der Waals surface area contributed by atoms with Crippen LogP contribution in [0.5, 0.6) is 0 Å². The van der Waals surface area contributed by atoms with Crippen molar-refractivity contribution in [2.75, 3.05) is 41.9 Å². The summed E-state index contributed by atoms with van der Waals surface area (Å²) in [7, 11) is -5.07. The zero-order chi connectivity index (χ0) is 36.1. The molecule has 0 fully saturated rings. The van der Waals surface area contributed by atoms with Crippen molar-refractivity contribution >= 4 is 37.3 Å². The number of benzene rings is 5. The molecule has 0 bridgehead atoms. The van der Waals surface area contributed by atoms with Gasteiger partial charge in [-0.2, -0.15) is 0 Å². The number of anilines is 3. The van der Waals surface area contributed by atoms with Crippen LogP contribution in [0.25, 0.3) is 0 Å². The Morgan fingerprint density at radius 1 is 0.519 bits per heavy atom. The fraction of sp³-hybridized carbons (Fsp3) is 0.231. The molecule has 0 atom stereocenters. The fourth-order valence-electron chi connectivity index (χ4n) is 6.11. The minimum atomic E-state index is -4.54. The Morgan fingerprint density at radius 3 is 1.13 bits per heavy atom. The molecule has 5 aromatic carbocycles. The van der Waals surface area contributed by atoms with E-state index in [4.69, 9.17) is 0 Å². The first-order valence-electron chi connectivity index (χ1n) is 16.3. The summed E-state index contributed by atoms with van der Waals surface area (Å²) in [5.74, 6) is -0.0719. The number of hydrogen-bond donors (Lipinski definition) is 0. The molecule has 13 heteroatoms. The summed E-state index contributed by atoms with van der Waals surface area (Å²) in [6.07, 6.45) is 0. The summed E-state index contributed by atoms with van der Waals surface area (Å²) in [6.45, 7) is 6.30. The Hall–Kier alpha value is -2.68. The second-order valence-electron chi connectivity index (χ2n) is 12.3. The van der Waals surface area contributed by atoms with Crippen LogP contribution in [0.1, 0.15) is 47.6 Å². The van der Waals surface area contributed by atoms with Gasteiger partial charge in [-0.25, -0.2) is 16.8 Å². The first-order valence-corrected chi connectivity index (χ1v) is 19.1. The monoisotopic (exact) mass is 757 g/mol. The summed E-state index contributed by atoms with van der Waals surface area (Å²) in [6, 6.07) is 37.6. The molecule has 0 radical (unpaired) electrons. The molecule has 9 nitrogen and oxygen atoms in total. The molecule has 0 aliphatic rings. The van der Waals surface area contributed by atoms with Crippen molar-refractivity contribution in [2.24, 2.45) is 0 Å². The molecule has 0 aliphatic heterocycles. The van der Waals surface area contributed by atoms with Crippen LogP contribution in [0.15, 0.2) is 131 Å². The fourth-order valence-corrected chi connectivity index (χ4v) is 7.19. The predicted molar refractivity (Wildman–Crippen MR) is 197 cm³/mol.